The van der Waals surface area contributed by atoms with Gasteiger partial charge in [0.1, 0.15) is 19.3 Å². The molecule has 0 saturated carbocycles. The van der Waals surface area contributed by atoms with Gasteiger partial charge in [-0.05, 0) is 35.7 Å². The third-order valence-corrected chi connectivity index (χ3v) is 6.74. The molecule has 35 heavy (non-hydrogen) atoms. The Bertz CT molecular complexity index is 1210. The first kappa shape index (κ1) is 24.6. The van der Waals surface area contributed by atoms with Gasteiger partial charge >= 0.3 is 5.97 Å². The Morgan fingerprint density at radius 3 is 2.37 bits per heavy atom. The van der Waals surface area contributed by atoms with Crippen molar-refractivity contribution < 1.29 is 41.7 Å². The maximum Gasteiger partial charge on any atom is 0.324 e. The molecule has 4 rings (SSSR count). The number of sulfonamides is 1. The second kappa shape index (κ2) is 10.4. The third-order valence-electron chi connectivity index (χ3n) is 5.30. The van der Waals surface area contributed by atoms with Crippen molar-refractivity contribution in [3.8, 4) is 23.0 Å². The Balaban J connectivity index is 1.32. The van der Waals surface area contributed by atoms with E-state index >= 15 is 0 Å². The number of carbonyl (C=O) groups excluding carboxylic acids is 2. The van der Waals surface area contributed by atoms with Crippen molar-refractivity contribution in [2.24, 2.45) is 5.92 Å². The van der Waals surface area contributed by atoms with Crippen LogP contribution in [-0.4, -0.2) is 52.9 Å². The zero-order valence-electron chi connectivity index (χ0n) is 19.2. The molecule has 12 heteroatoms. The number of esters is 1. The SMILES string of the molecule is CC(C)[C@H](NS(=O)(=O)c1ccc2c(c1)OCCO2)C(=O)OCC(=O)NCc1ccc2c(c1)OCO2. The van der Waals surface area contributed by atoms with Crippen molar-refractivity contribution in [3.05, 3.63) is 42.0 Å². The second-order valence-electron chi connectivity index (χ2n) is 8.22. The smallest absolute Gasteiger partial charge is 0.324 e. The quantitative estimate of drug-likeness (QED) is 0.483. The molecule has 2 aliphatic heterocycles. The molecule has 1 amide bonds. The van der Waals surface area contributed by atoms with E-state index in [1.165, 1.54) is 18.2 Å². The molecule has 0 radical (unpaired) electrons. The summed E-state index contributed by atoms with van der Waals surface area (Å²) in [6, 6.07) is 8.26. The maximum atomic E-state index is 12.9. The maximum absolute atomic E-state index is 12.9. The molecular weight excluding hydrogens is 480 g/mol. The van der Waals surface area contributed by atoms with Gasteiger partial charge in [0.25, 0.3) is 5.91 Å². The standard InChI is InChI=1S/C23H26N2O9S/c1-14(2)22(25-35(28,29)16-4-6-17-20(10-16)31-8-7-30-17)23(27)32-12-21(26)24-11-15-3-5-18-19(9-15)34-13-33-18/h3-6,9-10,14,22,25H,7-8,11-13H2,1-2H3,(H,24,26)/t22-/m0/s1. The van der Waals surface area contributed by atoms with Crippen molar-refractivity contribution in [1.29, 1.82) is 0 Å². The average molecular weight is 507 g/mol. The van der Waals surface area contributed by atoms with Crippen LogP contribution >= 0.6 is 0 Å². The summed E-state index contributed by atoms with van der Waals surface area (Å²) in [5, 5.41) is 2.64. The van der Waals surface area contributed by atoms with Gasteiger partial charge in [0.15, 0.2) is 29.6 Å². The lowest BCUT2D eigenvalue weighted by Crippen LogP contribution is -2.46. The lowest BCUT2D eigenvalue weighted by atomic mass is 10.1. The Hall–Kier alpha value is -3.51. The molecule has 188 valence electrons. The van der Waals surface area contributed by atoms with Gasteiger partial charge in [0.2, 0.25) is 16.8 Å². The lowest BCUT2D eigenvalue weighted by molar-refractivity contribution is -0.151. The number of ether oxygens (including phenoxy) is 5. The first-order chi connectivity index (χ1) is 16.7. The fourth-order valence-corrected chi connectivity index (χ4v) is 4.76. The highest BCUT2D eigenvalue weighted by atomic mass is 32.2. The van der Waals surface area contributed by atoms with Gasteiger partial charge in [-0.3, -0.25) is 9.59 Å². The minimum atomic E-state index is -4.08. The van der Waals surface area contributed by atoms with Crippen LogP contribution < -0.4 is 29.0 Å². The number of amides is 1. The van der Waals surface area contributed by atoms with E-state index in [1.807, 2.05) is 0 Å². The number of fused-ring (bicyclic) bond motifs is 2. The van der Waals surface area contributed by atoms with Crippen LogP contribution in [-0.2, 0) is 30.9 Å². The molecule has 0 saturated heterocycles. The molecular formula is C23H26N2O9S. The normalized spacial score (nSPS) is 14.9. The second-order valence-corrected chi connectivity index (χ2v) is 9.93. The van der Waals surface area contributed by atoms with Crippen molar-refractivity contribution in [2.45, 2.75) is 31.3 Å². The first-order valence-electron chi connectivity index (χ1n) is 11.0. The Morgan fingerprint density at radius 1 is 0.943 bits per heavy atom. The molecule has 0 unspecified atom stereocenters. The van der Waals surface area contributed by atoms with E-state index in [0.29, 0.717) is 36.2 Å². The molecule has 11 nitrogen and oxygen atoms in total. The topological polar surface area (TPSA) is 138 Å². The van der Waals surface area contributed by atoms with E-state index in [-0.39, 0.29) is 18.2 Å². The summed E-state index contributed by atoms with van der Waals surface area (Å²) < 4.78 is 54.6. The van der Waals surface area contributed by atoms with Crippen LogP contribution in [0, 0.1) is 5.92 Å². The molecule has 2 aromatic rings. The van der Waals surface area contributed by atoms with E-state index in [0.717, 1.165) is 5.56 Å². The van der Waals surface area contributed by atoms with E-state index < -0.39 is 40.5 Å². The fourth-order valence-electron chi connectivity index (χ4n) is 3.41. The lowest BCUT2D eigenvalue weighted by Gasteiger charge is -2.22. The van der Waals surface area contributed by atoms with E-state index in [4.69, 9.17) is 23.7 Å². The van der Waals surface area contributed by atoms with Crippen LogP contribution in [0.2, 0.25) is 0 Å². The van der Waals surface area contributed by atoms with E-state index in [9.17, 15) is 18.0 Å². The number of rotatable bonds is 9. The van der Waals surface area contributed by atoms with Gasteiger partial charge < -0.3 is 29.0 Å². The number of nitrogens with one attached hydrogen (secondary N) is 2. The third kappa shape index (κ3) is 5.95. The summed E-state index contributed by atoms with van der Waals surface area (Å²) in [6.45, 7) is 3.80. The predicted octanol–water partition coefficient (Wildman–Crippen LogP) is 1.35. The van der Waals surface area contributed by atoms with Crippen molar-refractivity contribution in [1.82, 2.24) is 10.0 Å². The van der Waals surface area contributed by atoms with Gasteiger partial charge in [0, 0.05) is 12.6 Å². The number of hydrogen-bond acceptors (Lipinski definition) is 9. The monoisotopic (exact) mass is 506 g/mol. The molecule has 2 aliphatic rings. The number of hydrogen-bond donors (Lipinski definition) is 2. The zero-order chi connectivity index (χ0) is 25.0. The molecule has 0 aromatic heterocycles. The Kier molecular flexibility index (Phi) is 7.31. The largest absolute Gasteiger partial charge is 0.486 e. The molecule has 2 N–H and O–H groups in total. The van der Waals surface area contributed by atoms with Crippen LogP contribution in [0.5, 0.6) is 23.0 Å². The molecule has 2 aromatic carbocycles. The summed E-state index contributed by atoms with van der Waals surface area (Å²) in [4.78, 5) is 24.7. The summed E-state index contributed by atoms with van der Waals surface area (Å²) in [7, 11) is -4.08. The van der Waals surface area contributed by atoms with E-state index in [1.54, 1.807) is 32.0 Å². The summed E-state index contributed by atoms with van der Waals surface area (Å²) in [6.07, 6.45) is 0. The molecule has 2 heterocycles. The van der Waals surface area contributed by atoms with Crippen molar-refractivity contribution in [3.63, 3.8) is 0 Å². The van der Waals surface area contributed by atoms with Crippen LogP contribution in [0.15, 0.2) is 41.3 Å². The van der Waals surface area contributed by atoms with E-state index in [2.05, 4.69) is 10.0 Å². The molecule has 0 aliphatic carbocycles. The van der Waals surface area contributed by atoms with Crippen molar-refractivity contribution >= 4 is 21.9 Å². The average Bonchev–Trinajstić information content (AvgIpc) is 3.32. The summed E-state index contributed by atoms with van der Waals surface area (Å²) >= 11 is 0. The minimum Gasteiger partial charge on any atom is -0.486 e. The highest BCUT2D eigenvalue weighted by molar-refractivity contribution is 7.89. The highest BCUT2D eigenvalue weighted by Gasteiger charge is 2.31. The molecule has 0 fully saturated rings. The Labute approximate surface area is 202 Å². The zero-order valence-corrected chi connectivity index (χ0v) is 20.1. The fraction of sp³-hybridized carbons (Fsp3) is 0.391. The van der Waals surface area contributed by atoms with Crippen LogP contribution in [0.25, 0.3) is 0 Å². The Morgan fingerprint density at radius 2 is 1.60 bits per heavy atom. The van der Waals surface area contributed by atoms with Crippen molar-refractivity contribution in [2.75, 3.05) is 26.6 Å². The molecule has 0 bridgehead atoms. The summed E-state index contributed by atoms with van der Waals surface area (Å²) in [5.41, 5.74) is 0.779. The van der Waals surface area contributed by atoms with Gasteiger partial charge in [-0.25, -0.2) is 8.42 Å². The number of carbonyl (C=O) groups is 2. The number of benzene rings is 2. The van der Waals surface area contributed by atoms with Gasteiger partial charge in [0.05, 0.1) is 4.90 Å². The molecule has 1 atom stereocenters. The van der Waals surface area contributed by atoms with Gasteiger partial charge in [-0.2, -0.15) is 4.72 Å². The predicted molar refractivity (Wildman–Crippen MR) is 122 cm³/mol. The van der Waals surface area contributed by atoms with Crippen LogP contribution in [0.3, 0.4) is 0 Å². The van der Waals surface area contributed by atoms with Crippen LogP contribution in [0.1, 0.15) is 19.4 Å². The summed E-state index contributed by atoms with van der Waals surface area (Å²) in [5.74, 6) is 0.142. The first-order valence-corrected chi connectivity index (χ1v) is 12.4. The van der Waals surface area contributed by atoms with Gasteiger partial charge in [-0.1, -0.05) is 19.9 Å². The molecule has 0 spiro atoms. The highest BCUT2D eigenvalue weighted by Crippen LogP contribution is 2.33. The van der Waals surface area contributed by atoms with Crippen LogP contribution in [0.4, 0.5) is 0 Å². The minimum absolute atomic E-state index is 0.0818. The van der Waals surface area contributed by atoms with Gasteiger partial charge in [-0.15, -0.1) is 0 Å².